The van der Waals surface area contributed by atoms with E-state index in [1.807, 2.05) is 6.07 Å². The molecule has 0 atom stereocenters. The van der Waals surface area contributed by atoms with E-state index in [9.17, 15) is 0 Å². The van der Waals surface area contributed by atoms with Gasteiger partial charge >= 0.3 is 0 Å². The Hall–Kier alpha value is -2.04. The molecule has 140 valence electrons. The van der Waals surface area contributed by atoms with E-state index in [1.165, 1.54) is 68.3 Å². The maximum Gasteiger partial charge on any atom is 0.257 e. The average Bonchev–Trinajstić information content (AvgIpc) is 2.93. The third-order valence-electron chi connectivity index (χ3n) is 5.78. The third kappa shape index (κ3) is 3.31. The highest BCUT2D eigenvalue weighted by Crippen LogP contribution is 2.37. The number of aromatic nitrogens is 2. The molecule has 0 saturated heterocycles. The summed E-state index contributed by atoms with van der Waals surface area (Å²) in [6.07, 6.45) is 12.3. The van der Waals surface area contributed by atoms with Gasteiger partial charge in [-0.3, -0.25) is 4.98 Å². The Labute approximate surface area is 155 Å². The first-order chi connectivity index (χ1) is 12.8. The standard InChI is InChI=1S/C21H29N3O2/c1-25-18-13-17-20(24-21(18)26-2)19(22-14-9-5-3-6-10-14)15-11-7-4-8-12-16(15)23-17/h13-14H,3-12H2,1-2H3,(H,22,23). The van der Waals surface area contributed by atoms with Gasteiger partial charge in [-0.15, -0.1) is 0 Å². The maximum atomic E-state index is 5.47. The molecule has 0 radical (unpaired) electrons. The minimum atomic E-state index is 0.530. The highest BCUT2D eigenvalue weighted by Gasteiger charge is 2.23. The van der Waals surface area contributed by atoms with Gasteiger partial charge in [0.25, 0.3) is 5.88 Å². The van der Waals surface area contributed by atoms with E-state index in [1.54, 1.807) is 14.2 Å². The molecule has 2 aromatic rings. The van der Waals surface area contributed by atoms with Crippen LogP contribution in [0, 0.1) is 0 Å². The van der Waals surface area contributed by atoms with Gasteiger partial charge in [-0.05, 0) is 44.1 Å². The van der Waals surface area contributed by atoms with E-state index < -0.39 is 0 Å². The number of pyridine rings is 2. The Morgan fingerprint density at radius 2 is 1.69 bits per heavy atom. The average molecular weight is 355 g/mol. The molecule has 2 aromatic heterocycles. The number of nitrogens with zero attached hydrogens (tertiary/aromatic N) is 2. The van der Waals surface area contributed by atoms with Crippen LogP contribution >= 0.6 is 0 Å². The first kappa shape index (κ1) is 17.4. The number of hydrogen-bond acceptors (Lipinski definition) is 5. The Balaban J connectivity index is 1.86. The van der Waals surface area contributed by atoms with Crippen LogP contribution in [0.1, 0.15) is 62.6 Å². The van der Waals surface area contributed by atoms with Crippen LogP contribution in [0.15, 0.2) is 6.07 Å². The van der Waals surface area contributed by atoms with Crippen LogP contribution in [-0.2, 0) is 12.8 Å². The topological polar surface area (TPSA) is 56.3 Å². The van der Waals surface area contributed by atoms with E-state index in [0.29, 0.717) is 17.7 Å². The summed E-state index contributed by atoms with van der Waals surface area (Å²) >= 11 is 0. The van der Waals surface area contributed by atoms with Crippen molar-refractivity contribution in [2.24, 2.45) is 0 Å². The predicted molar refractivity (Wildman–Crippen MR) is 104 cm³/mol. The lowest BCUT2D eigenvalue weighted by Gasteiger charge is -2.26. The summed E-state index contributed by atoms with van der Waals surface area (Å²) < 4.78 is 10.9. The van der Waals surface area contributed by atoms with E-state index in [4.69, 9.17) is 19.4 Å². The third-order valence-corrected chi connectivity index (χ3v) is 5.78. The Morgan fingerprint density at radius 1 is 0.923 bits per heavy atom. The fourth-order valence-electron chi connectivity index (χ4n) is 4.38. The first-order valence-electron chi connectivity index (χ1n) is 10.0. The van der Waals surface area contributed by atoms with Crippen LogP contribution in [0.4, 0.5) is 5.69 Å². The smallest absolute Gasteiger partial charge is 0.257 e. The molecule has 0 aliphatic heterocycles. The molecular weight excluding hydrogens is 326 g/mol. The molecule has 5 nitrogen and oxygen atoms in total. The molecule has 5 heteroatoms. The summed E-state index contributed by atoms with van der Waals surface area (Å²) in [5.41, 5.74) is 5.64. The van der Waals surface area contributed by atoms with Gasteiger partial charge in [0.1, 0.15) is 5.52 Å². The van der Waals surface area contributed by atoms with Crippen molar-refractivity contribution in [3.8, 4) is 11.6 Å². The van der Waals surface area contributed by atoms with Crippen molar-refractivity contribution < 1.29 is 9.47 Å². The first-order valence-corrected chi connectivity index (χ1v) is 10.0. The zero-order valence-electron chi connectivity index (χ0n) is 15.9. The maximum absolute atomic E-state index is 5.47. The van der Waals surface area contributed by atoms with Crippen LogP contribution in [0.2, 0.25) is 0 Å². The molecule has 1 saturated carbocycles. The quantitative estimate of drug-likeness (QED) is 0.808. The van der Waals surface area contributed by atoms with Gasteiger partial charge in [0.2, 0.25) is 0 Å². The van der Waals surface area contributed by atoms with E-state index in [-0.39, 0.29) is 0 Å². The predicted octanol–water partition coefficient (Wildman–Crippen LogP) is 4.66. The molecule has 0 bridgehead atoms. The van der Waals surface area contributed by atoms with Gasteiger partial charge in [0.05, 0.1) is 25.4 Å². The van der Waals surface area contributed by atoms with Crippen LogP contribution in [0.5, 0.6) is 11.6 Å². The zero-order valence-corrected chi connectivity index (χ0v) is 15.9. The van der Waals surface area contributed by atoms with Crippen molar-refractivity contribution >= 4 is 16.7 Å². The number of ether oxygens (including phenoxy) is 2. The fraction of sp³-hybridized carbons (Fsp3) is 0.619. The molecule has 0 amide bonds. The molecule has 2 aliphatic rings. The van der Waals surface area contributed by atoms with Crippen molar-refractivity contribution in [2.75, 3.05) is 19.5 Å². The minimum absolute atomic E-state index is 0.530. The Bertz CT molecular complexity index is 785. The minimum Gasteiger partial charge on any atom is -0.491 e. The molecule has 2 aliphatic carbocycles. The van der Waals surface area contributed by atoms with Crippen LogP contribution in [0.3, 0.4) is 0 Å². The molecule has 0 aromatic carbocycles. The normalized spacial score (nSPS) is 18.2. The number of fused-ring (bicyclic) bond motifs is 2. The van der Waals surface area contributed by atoms with Crippen LogP contribution in [-0.4, -0.2) is 30.2 Å². The molecule has 4 rings (SSSR count). The van der Waals surface area contributed by atoms with Crippen molar-refractivity contribution in [1.82, 2.24) is 9.97 Å². The van der Waals surface area contributed by atoms with Crippen molar-refractivity contribution in [3.05, 3.63) is 17.3 Å². The Kier molecular flexibility index (Phi) is 5.14. The molecule has 1 N–H and O–H groups in total. The van der Waals surface area contributed by atoms with Gasteiger partial charge < -0.3 is 14.8 Å². The molecule has 1 fully saturated rings. The highest BCUT2D eigenvalue weighted by atomic mass is 16.5. The van der Waals surface area contributed by atoms with Crippen LogP contribution in [0.25, 0.3) is 11.0 Å². The lowest BCUT2D eigenvalue weighted by Crippen LogP contribution is -2.24. The number of aryl methyl sites for hydroxylation is 1. The number of hydrogen-bond donors (Lipinski definition) is 1. The van der Waals surface area contributed by atoms with Crippen molar-refractivity contribution in [3.63, 3.8) is 0 Å². The summed E-state index contributed by atoms with van der Waals surface area (Å²) in [5, 5.41) is 3.87. The largest absolute Gasteiger partial charge is 0.491 e. The SMILES string of the molecule is COc1cc2nc3c(c(NC4CCCCC4)c2nc1OC)CCCCC3. The number of rotatable bonds is 4. The fourth-order valence-corrected chi connectivity index (χ4v) is 4.38. The number of anilines is 1. The van der Waals surface area contributed by atoms with Gasteiger partial charge in [-0.1, -0.05) is 25.7 Å². The van der Waals surface area contributed by atoms with Gasteiger partial charge in [-0.2, -0.15) is 0 Å². The second-order valence-electron chi connectivity index (χ2n) is 7.52. The monoisotopic (exact) mass is 355 g/mol. The number of methoxy groups -OCH3 is 2. The molecule has 26 heavy (non-hydrogen) atoms. The molecule has 0 unspecified atom stereocenters. The second kappa shape index (κ2) is 7.68. The summed E-state index contributed by atoms with van der Waals surface area (Å²) in [5.74, 6) is 1.17. The summed E-state index contributed by atoms with van der Waals surface area (Å²) in [7, 11) is 3.29. The summed E-state index contributed by atoms with van der Waals surface area (Å²) in [4.78, 5) is 9.77. The van der Waals surface area contributed by atoms with Gasteiger partial charge in [0, 0.05) is 17.8 Å². The highest BCUT2D eigenvalue weighted by molar-refractivity contribution is 5.91. The second-order valence-corrected chi connectivity index (χ2v) is 7.52. The van der Waals surface area contributed by atoms with Crippen molar-refractivity contribution in [1.29, 1.82) is 0 Å². The lowest BCUT2D eigenvalue weighted by molar-refractivity contribution is 0.344. The van der Waals surface area contributed by atoms with E-state index in [0.717, 1.165) is 23.9 Å². The summed E-state index contributed by atoms with van der Waals surface area (Å²) in [6, 6.07) is 2.51. The molecular formula is C21H29N3O2. The van der Waals surface area contributed by atoms with E-state index in [2.05, 4.69) is 5.32 Å². The Morgan fingerprint density at radius 3 is 2.46 bits per heavy atom. The van der Waals surface area contributed by atoms with Gasteiger partial charge in [-0.25, -0.2) is 4.98 Å². The van der Waals surface area contributed by atoms with Crippen LogP contribution < -0.4 is 14.8 Å². The molecule has 2 heterocycles. The van der Waals surface area contributed by atoms with E-state index >= 15 is 0 Å². The lowest BCUT2D eigenvalue weighted by atomic mass is 9.94. The van der Waals surface area contributed by atoms with Crippen molar-refractivity contribution in [2.45, 2.75) is 70.3 Å². The number of nitrogens with one attached hydrogen (secondary N) is 1. The van der Waals surface area contributed by atoms with Gasteiger partial charge in [0.15, 0.2) is 5.75 Å². The zero-order chi connectivity index (χ0) is 17.9. The molecule has 0 spiro atoms. The summed E-state index contributed by atoms with van der Waals surface area (Å²) in [6.45, 7) is 0.